The minimum absolute atomic E-state index is 0.00601. The van der Waals surface area contributed by atoms with Gasteiger partial charge < -0.3 is 14.4 Å². The summed E-state index contributed by atoms with van der Waals surface area (Å²) in [6.07, 6.45) is 1.92. The average molecular weight is 360 g/mol. The van der Waals surface area contributed by atoms with Crippen LogP contribution < -0.4 is 4.74 Å². The molecule has 1 fully saturated rings. The molecule has 1 atom stereocenters. The third-order valence-corrected chi connectivity index (χ3v) is 4.61. The second-order valence-corrected chi connectivity index (χ2v) is 6.59. The van der Waals surface area contributed by atoms with E-state index in [1.165, 1.54) is 0 Å². The van der Waals surface area contributed by atoms with Crippen LogP contribution in [0.3, 0.4) is 0 Å². The number of hydrogen-bond donors (Lipinski definition) is 0. The number of para-hydroxylation sites is 1. The molecule has 0 spiro atoms. The number of halogens is 1. The number of ether oxygens (including phenoxy) is 2. The Kier molecular flexibility index (Phi) is 5.95. The van der Waals surface area contributed by atoms with Crippen molar-refractivity contribution in [3.05, 3.63) is 64.7 Å². The van der Waals surface area contributed by atoms with Crippen molar-refractivity contribution in [1.82, 2.24) is 4.90 Å². The van der Waals surface area contributed by atoms with E-state index in [1.54, 1.807) is 13.2 Å². The Morgan fingerprint density at radius 1 is 1.24 bits per heavy atom. The van der Waals surface area contributed by atoms with Gasteiger partial charge in [-0.1, -0.05) is 35.9 Å². The zero-order chi connectivity index (χ0) is 17.6. The number of amides is 1. The number of benzene rings is 2. The van der Waals surface area contributed by atoms with E-state index in [0.29, 0.717) is 29.5 Å². The quantitative estimate of drug-likeness (QED) is 0.804. The summed E-state index contributed by atoms with van der Waals surface area (Å²) in [6, 6.07) is 15.0. The Bertz CT molecular complexity index is 734. The topological polar surface area (TPSA) is 38.8 Å². The lowest BCUT2D eigenvalue weighted by Crippen LogP contribution is -2.43. The van der Waals surface area contributed by atoms with Crippen LogP contribution >= 0.6 is 11.6 Å². The summed E-state index contributed by atoms with van der Waals surface area (Å²) in [4.78, 5) is 14.7. The van der Waals surface area contributed by atoms with Crippen molar-refractivity contribution in [2.24, 2.45) is 0 Å². The molecule has 0 bridgehead atoms. The van der Waals surface area contributed by atoms with Gasteiger partial charge in [0.2, 0.25) is 0 Å². The van der Waals surface area contributed by atoms with E-state index >= 15 is 0 Å². The molecule has 1 aliphatic rings. The number of nitrogens with zero attached hydrogens (tertiary/aromatic N) is 1. The summed E-state index contributed by atoms with van der Waals surface area (Å²) in [7, 11) is 1.58. The Morgan fingerprint density at radius 3 is 2.88 bits per heavy atom. The monoisotopic (exact) mass is 359 g/mol. The van der Waals surface area contributed by atoms with Crippen molar-refractivity contribution < 1.29 is 14.3 Å². The second-order valence-electron chi connectivity index (χ2n) is 6.16. The van der Waals surface area contributed by atoms with Gasteiger partial charge in [-0.25, -0.2) is 0 Å². The van der Waals surface area contributed by atoms with Crippen LogP contribution in [0.15, 0.2) is 48.5 Å². The highest BCUT2D eigenvalue weighted by Gasteiger charge is 2.26. The predicted octanol–water partition coefficient (Wildman–Crippen LogP) is 4.17. The molecule has 0 N–H and O–H groups in total. The van der Waals surface area contributed by atoms with Crippen LogP contribution in [0.5, 0.6) is 5.75 Å². The van der Waals surface area contributed by atoms with Crippen LogP contribution in [0.25, 0.3) is 0 Å². The maximum absolute atomic E-state index is 12.8. The molecule has 2 aromatic rings. The van der Waals surface area contributed by atoms with E-state index in [1.807, 2.05) is 47.4 Å². The van der Waals surface area contributed by atoms with Crippen molar-refractivity contribution >= 4 is 17.5 Å². The first-order valence-electron chi connectivity index (χ1n) is 8.45. The van der Waals surface area contributed by atoms with Crippen LogP contribution in [-0.4, -0.2) is 37.1 Å². The van der Waals surface area contributed by atoms with E-state index in [-0.39, 0.29) is 12.0 Å². The van der Waals surface area contributed by atoms with Crippen molar-refractivity contribution in [3.8, 4) is 5.75 Å². The lowest BCUT2D eigenvalue weighted by Gasteiger charge is -2.33. The van der Waals surface area contributed by atoms with Crippen LogP contribution in [0.4, 0.5) is 0 Å². The zero-order valence-electron chi connectivity index (χ0n) is 14.3. The average Bonchev–Trinajstić information content (AvgIpc) is 2.66. The molecular formula is C20H22ClNO3. The summed E-state index contributed by atoms with van der Waals surface area (Å²) < 4.78 is 11.3. The van der Waals surface area contributed by atoms with Crippen LogP contribution in [0, 0.1) is 0 Å². The first-order chi connectivity index (χ1) is 12.2. The van der Waals surface area contributed by atoms with Gasteiger partial charge >= 0.3 is 0 Å². The van der Waals surface area contributed by atoms with Crippen LogP contribution in [0.2, 0.25) is 5.02 Å². The molecule has 0 radical (unpaired) electrons. The number of piperidine rings is 1. The van der Waals surface area contributed by atoms with Gasteiger partial charge in [-0.2, -0.15) is 0 Å². The molecule has 25 heavy (non-hydrogen) atoms. The molecule has 1 amide bonds. The van der Waals surface area contributed by atoms with Gasteiger partial charge in [-0.3, -0.25) is 4.79 Å². The summed E-state index contributed by atoms with van der Waals surface area (Å²) in [5.41, 5.74) is 1.64. The molecule has 0 saturated carbocycles. The fourth-order valence-corrected chi connectivity index (χ4v) is 3.30. The third-order valence-electron chi connectivity index (χ3n) is 4.38. The minimum atomic E-state index is -0.00601. The second kappa shape index (κ2) is 8.37. The normalized spacial score (nSPS) is 17.4. The first kappa shape index (κ1) is 17.8. The van der Waals surface area contributed by atoms with Crippen molar-refractivity contribution in [1.29, 1.82) is 0 Å². The number of carbonyl (C=O) groups is 1. The van der Waals surface area contributed by atoms with Crippen molar-refractivity contribution in [2.45, 2.75) is 25.6 Å². The fourth-order valence-electron chi connectivity index (χ4n) is 3.09. The number of hydrogen-bond acceptors (Lipinski definition) is 3. The number of carbonyl (C=O) groups excluding carboxylic acids is 1. The van der Waals surface area contributed by atoms with E-state index in [9.17, 15) is 4.79 Å². The number of likely N-dealkylation sites (tertiary alicyclic amines) is 1. The molecule has 132 valence electrons. The summed E-state index contributed by atoms with van der Waals surface area (Å²) in [5.74, 6) is 0.600. The molecule has 4 nitrogen and oxygen atoms in total. The van der Waals surface area contributed by atoms with Crippen LogP contribution in [0.1, 0.15) is 28.8 Å². The Morgan fingerprint density at radius 2 is 2.08 bits per heavy atom. The fraction of sp³-hybridized carbons (Fsp3) is 0.350. The van der Waals surface area contributed by atoms with Gasteiger partial charge in [0.05, 0.1) is 25.4 Å². The highest BCUT2D eigenvalue weighted by molar-refractivity contribution is 6.30. The highest BCUT2D eigenvalue weighted by Crippen LogP contribution is 2.23. The van der Waals surface area contributed by atoms with E-state index < -0.39 is 0 Å². The predicted molar refractivity (Wildman–Crippen MR) is 98.2 cm³/mol. The van der Waals surface area contributed by atoms with Gasteiger partial charge in [0, 0.05) is 18.1 Å². The molecule has 1 aliphatic heterocycles. The van der Waals surface area contributed by atoms with Crippen molar-refractivity contribution in [2.75, 3.05) is 20.2 Å². The molecule has 1 saturated heterocycles. The molecule has 5 heteroatoms. The standard InChI is InChI=1S/C20H22ClNO3/c1-24-19-10-3-2-9-18(19)20(23)22-11-5-8-17(13-22)25-14-15-6-4-7-16(21)12-15/h2-4,6-7,9-10,12,17H,5,8,11,13-14H2,1H3. The van der Waals surface area contributed by atoms with Gasteiger partial charge in [0.15, 0.2) is 0 Å². The third kappa shape index (κ3) is 4.53. The van der Waals surface area contributed by atoms with E-state index in [2.05, 4.69) is 0 Å². The lowest BCUT2D eigenvalue weighted by atomic mass is 10.1. The molecule has 2 aromatic carbocycles. The highest BCUT2D eigenvalue weighted by atomic mass is 35.5. The maximum atomic E-state index is 12.8. The van der Waals surface area contributed by atoms with Crippen LogP contribution in [-0.2, 0) is 11.3 Å². The van der Waals surface area contributed by atoms with Gasteiger partial charge in [-0.05, 0) is 42.7 Å². The lowest BCUT2D eigenvalue weighted by molar-refractivity contribution is -0.00680. The smallest absolute Gasteiger partial charge is 0.257 e. The Labute approximate surface area is 153 Å². The zero-order valence-corrected chi connectivity index (χ0v) is 15.0. The SMILES string of the molecule is COc1ccccc1C(=O)N1CCCC(OCc2cccc(Cl)c2)C1. The number of rotatable bonds is 5. The van der Waals surface area contributed by atoms with Gasteiger partial charge in [0.25, 0.3) is 5.91 Å². The molecule has 0 aromatic heterocycles. The molecule has 1 heterocycles. The molecule has 3 rings (SSSR count). The summed E-state index contributed by atoms with van der Waals surface area (Å²) >= 11 is 6.01. The Balaban J connectivity index is 1.61. The van der Waals surface area contributed by atoms with Gasteiger partial charge in [-0.15, -0.1) is 0 Å². The molecular weight excluding hydrogens is 338 g/mol. The van der Waals surface area contributed by atoms with Gasteiger partial charge in [0.1, 0.15) is 5.75 Å². The summed E-state index contributed by atoms with van der Waals surface area (Å²) in [5, 5.41) is 0.706. The van der Waals surface area contributed by atoms with E-state index in [4.69, 9.17) is 21.1 Å². The molecule has 0 aliphatic carbocycles. The largest absolute Gasteiger partial charge is 0.496 e. The number of methoxy groups -OCH3 is 1. The minimum Gasteiger partial charge on any atom is -0.496 e. The maximum Gasteiger partial charge on any atom is 0.257 e. The first-order valence-corrected chi connectivity index (χ1v) is 8.83. The summed E-state index contributed by atoms with van der Waals surface area (Å²) in [6.45, 7) is 1.84. The Hall–Kier alpha value is -2.04. The molecule has 1 unspecified atom stereocenters. The van der Waals surface area contributed by atoms with E-state index in [0.717, 1.165) is 24.9 Å². The van der Waals surface area contributed by atoms with Crippen molar-refractivity contribution in [3.63, 3.8) is 0 Å².